The molecule has 8 nitrogen and oxygen atoms in total. The molecule has 9 heteroatoms. The van der Waals surface area contributed by atoms with Gasteiger partial charge in [-0.05, 0) is 74.2 Å². The van der Waals surface area contributed by atoms with Crippen LogP contribution in [0.15, 0.2) is 66.5 Å². The number of urea groups is 1. The maximum absolute atomic E-state index is 14.6. The molecule has 0 bridgehead atoms. The van der Waals surface area contributed by atoms with Gasteiger partial charge in [0.25, 0.3) is 5.91 Å². The highest BCUT2D eigenvalue weighted by Crippen LogP contribution is 2.42. The highest BCUT2D eigenvalue weighted by molar-refractivity contribution is 6.27. The molecule has 0 spiro atoms. The molecule has 1 atom stereocenters. The number of nitrogens with two attached hydrogens (primary N) is 1. The third-order valence-electron chi connectivity index (χ3n) is 8.27. The van der Waals surface area contributed by atoms with E-state index < -0.39 is 35.2 Å². The highest BCUT2D eigenvalue weighted by Gasteiger charge is 2.49. The molecule has 212 valence electrons. The third kappa shape index (κ3) is 3.92. The summed E-state index contributed by atoms with van der Waals surface area (Å²) in [5.74, 6) is -2.67. The largest absolute Gasteiger partial charge is 0.506 e. The summed E-state index contributed by atoms with van der Waals surface area (Å²) in [5, 5.41) is 12.3. The van der Waals surface area contributed by atoms with Crippen molar-refractivity contribution in [1.29, 1.82) is 0 Å². The van der Waals surface area contributed by atoms with Crippen LogP contribution in [-0.4, -0.2) is 45.3 Å². The molecule has 4 N–H and O–H groups in total. The fourth-order valence-corrected chi connectivity index (χ4v) is 6.14. The van der Waals surface area contributed by atoms with Crippen LogP contribution in [0.1, 0.15) is 40.9 Å². The van der Waals surface area contributed by atoms with Gasteiger partial charge in [0.05, 0.1) is 23.7 Å². The minimum atomic E-state index is -1.08. The van der Waals surface area contributed by atoms with Gasteiger partial charge in [-0.3, -0.25) is 4.79 Å². The number of H-pyrrole nitrogens is 1. The van der Waals surface area contributed by atoms with Crippen molar-refractivity contribution in [2.45, 2.75) is 33.3 Å². The minimum absolute atomic E-state index is 0.0287. The predicted octanol–water partition coefficient (Wildman–Crippen LogP) is 5.52. The number of nitrogens with zero attached hydrogens (tertiary/aromatic N) is 2. The van der Waals surface area contributed by atoms with Crippen molar-refractivity contribution in [3.05, 3.63) is 88.8 Å². The highest BCUT2D eigenvalue weighted by atomic mass is 19.1. The Balaban J connectivity index is 1.60. The number of amides is 4. The van der Waals surface area contributed by atoms with Crippen molar-refractivity contribution in [3.63, 3.8) is 0 Å². The Kier molecular flexibility index (Phi) is 6.06. The zero-order valence-electron chi connectivity index (χ0n) is 23.9. The van der Waals surface area contributed by atoms with E-state index in [-0.39, 0.29) is 5.71 Å². The fourth-order valence-electron chi connectivity index (χ4n) is 6.14. The smallest absolute Gasteiger partial charge is 0.386 e. The summed E-state index contributed by atoms with van der Waals surface area (Å²) in [4.78, 5) is 44.0. The average Bonchev–Trinajstić information content (AvgIpc) is 3.32. The molecular weight excluding hydrogens is 535 g/mol. The summed E-state index contributed by atoms with van der Waals surface area (Å²) in [6.07, 6.45) is 4.30. The zero-order valence-corrected chi connectivity index (χ0v) is 23.9. The van der Waals surface area contributed by atoms with E-state index >= 15 is 0 Å². The lowest BCUT2D eigenvalue weighted by molar-refractivity contribution is -0.395. The molecule has 4 amide bonds. The van der Waals surface area contributed by atoms with E-state index in [0.29, 0.717) is 27.9 Å². The molecule has 2 aliphatic rings. The number of carbonyl (C=O) groups is 3. The lowest BCUT2D eigenvalue weighted by atomic mass is 9.89. The summed E-state index contributed by atoms with van der Waals surface area (Å²) in [7, 11) is 1.46. The Morgan fingerprint density at radius 1 is 1.10 bits per heavy atom. The molecule has 0 saturated heterocycles. The van der Waals surface area contributed by atoms with E-state index in [1.165, 1.54) is 23.8 Å². The monoisotopic (exact) mass is 565 g/mol. The normalized spacial score (nSPS) is 17.4. The maximum Gasteiger partial charge on any atom is 0.506 e. The molecule has 0 saturated carbocycles. The number of imide groups is 1. The SMILES string of the molecule is Cc1c(-c2ccc(C(N)=O)c3[nH]c4cc(C(C)(C)O)cc(C)c4c23)cccc1N1C(=O)C2C=CC=C(F)C2=[N+](C)C1=O. The van der Waals surface area contributed by atoms with Crippen LogP contribution in [0.25, 0.3) is 32.9 Å². The topological polar surface area (TPSA) is 120 Å². The van der Waals surface area contributed by atoms with Gasteiger partial charge in [0.1, 0.15) is 11.6 Å². The first-order valence-electron chi connectivity index (χ1n) is 13.6. The number of aryl methyl sites for hydroxylation is 1. The quantitative estimate of drug-likeness (QED) is 0.282. The van der Waals surface area contributed by atoms with Crippen molar-refractivity contribution >= 4 is 51.1 Å². The number of anilines is 1. The molecule has 1 aromatic heterocycles. The Morgan fingerprint density at radius 3 is 2.52 bits per heavy atom. The van der Waals surface area contributed by atoms with Crippen LogP contribution in [0, 0.1) is 19.8 Å². The number of rotatable bonds is 4. The molecule has 42 heavy (non-hydrogen) atoms. The van der Waals surface area contributed by atoms with Crippen LogP contribution < -0.4 is 10.6 Å². The Labute approximate surface area is 241 Å². The van der Waals surface area contributed by atoms with E-state index in [2.05, 4.69) is 4.98 Å². The van der Waals surface area contributed by atoms with Crippen LogP contribution >= 0.6 is 0 Å². The van der Waals surface area contributed by atoms with Crippen molar-refractivity contribution in [2.24, 2.45) is 11.7 Å². The fraction of sp³-hybridized carbons (Fsp3) is 0.212. The van der Waals surface area contributed by atoms with E-state index in [4.69, 9.17) is 5.73 Å². The maximum atomic E-state index is 14.6. The van der Waals surface area contributed by atoms with Gasteiger partial charge in [-0.1, -0.05) is 36.4 Å². The number of benzene rings is 3. The first-order valence-corrected chi connectivity index (χ1v) is 13.6. The molecule has 1 aliphatic heterocycles. The summed E-state index contributed by atoms with van der Waals surface area (Å²) < 4.78 is 15.8. The number of nitrogens with one attached hydrogen (secondary N) is 1. The molecule has 1 unspecified atom stereocenters. The molecule has 1 aliphatic carbocycles. The average molecular weight is 566 g/mol. The predicted molar refractivity (Wildman–Crippen MR) is 160 cm³/mol. The first-order chi connectivity index (χ1) is 19.8. The second-order valence-corrected chi connectivity index (χ2v) is 11.4. The first kappa shape index (κ1) is 27.3. The van der Waals surface area contributed by atoms with E-state index in [1.807, 2.05) is 38.1 Å². The second kappa shape index (κ2) is 9.32. The summed E-state index contributed by atoms with van der Waals surface area (Å²) in [6.45, 7) is 7.18. The van der Waals surface area contributed by atoms with E-state index in [9.17, 15) is 23.9 Å². The molecule has 4 aromatic rings. The third-order valence-corrected chi connectivity index (χ3v) is 8.27. The summed E-state index contributed by atoms with van der Waals surface area (Å²) in [6, 6.07) is 11.9. The molecular formula is C33H30FN4O4+. The van der Waals surface area contributed by atoms with Crippen molar-refractivity contribution < 1.29 is 28.5 Å². The number of hydrogen-bond acceptors (Lipinski definition) is 4. The molecule has 6 rings (SSSR count). The lowest BCUT2D eigenvalue weighted by Crippen LogP contribution is -2.54. The summed E-state index contributed by atoms with van der Waals surface area (Å²) in [5.41, 5.74) is 10.4. The number of hydrogen-bond donors (Lipinski definition) is 3. The van der Waals surface area contributed by atoms with Crippen LogP contribution in [0.2, 0.25) is 0 Å². The standard InChI is InChI=1S/C33H29FN4O4/c1-16-14-18(33(3,4)42)15-24-26(16)27-20(12-13-21(30(35)39)28(27)36-24)19-8-7-11-25(17(19)2)38-31(40)22-9-6-10-23(34)29(22)37(5)32(38)41/h6-15,22,42H,1-5H3,(H2-,35,36,39)/p+1. The minimum Gasteiger partial charge on any atom is -0.386 e. The van der Waals surface area contributed by atoms with E-state index in [1.54, 1.807) is 38.1 Å². The number of primary amides is 1. The molecule has 0 fully saturated rings. The van der Waals surface area contributed by atoms with Crippen LogP contribution in [0.5, 0.6) is 0 Å². The van der Waals surface area contributed by atoms with Crippen LogP contribution in [0.4, 0.5) is 14.9 Å². The van der Waals surface area contributed by atoms with Crippen molar-refractivity contribution in [2.75, 3.05) is 11.9 Å². The zero-order chi connectivity index (χ0) is 30.2. The second-order valence-electron chi connectivity index (χ2n) is 11.4. The van der Waals surface area contributed by atoms with Gasteiger partial charge in [0.2, 0.25) is 0 Å². The van der Waals surface area contributed by atoms with Gasteiger partial charge in [-0.2, -0.15) is 9.37 Å². The number of aliphatic hydroxyl groups is 1. The Bertz CT molecular complexity index is 1990. The summed E-state index contributed by atoms with van der Waals surface area (Å²) >= 11 is 0. The molecule has 2 heterocycles. The molecule has 3 aromatic carbocycles. The lowest BCUT2D eigenvalue weighted by Gasteiger charge is -2.27. The van der Waals surface area contributed by atoms with Gasteiger partial charge >= 0.3 is 11.9 Å². The van der Waals surface area contributed by atoms with Crippen molar-refractivity contribution in [3.8, 4) is 11.1 Å². The number of carbonyl (C=O) groups excluding carboxylic acids is 3. The number of fused-ring (bicyclic) bond motifs is 4. The van der Waals surface area contributed by atoms with Crippen LogP contribution in [0.3, 0.4) is 0 Å². The van der Waals surface area contributed by atoms with Gasteiger partial charge in [0.15, 0.2) is 11.5 Å². The Morgan fingerprint density at radius 2 is 1.83 bits per heavy atom. The van der Waals surface area contributed by atoms with E-state index in [0.717, 1.165) is 37.9 Å². The number of aromatic amines is 1. The van der Waals surface area contributed by atoms with Crippen LogP contribution in [-0.2, 0) is 10.4 Å². The van der Waals surface area contributed by atoms with Gasteiger partial charge in [-0.15, -0.1) is 4.90 Å². The van der Waals surface area contributed by atoms with Gasteiger partial charge in [-0.25, -0.2) is 9.18 Å². The van der Waals surface area contributed by atoms with Gasteiger partial charge in [0, 0.05) is 21.9 Å². The number of allylic oxidation sites excluding steroid dienone is 3. The Hall–Kier alpha value is -4.89. The number of halogens is 1. The number of aromatic nitrogens is 1. The molecule has 0 radical (unpaired) electrons. The van der Waals surface area contributed by atoms with Gasteiger partial charge < -0.3 is 15.8 Å². The van der Waals surface area contributed by atoms with Crippen molar-refractivity contribution in [1.82, 2.24) is 4.98 Å².